The van der Waals surface area contributed by atoms with Crippen LogP contribution in [0, 0.1) is 0 Å². The molecular formula is C10H19N5O. The minimum absolute atomic E-state index is 0.101. The SMILES string of the molecule is Cn1nncc1C(CCC1CCCO1)NN. The van der Waals surface area contributed by atoms with E-state index < -0.39 is 0 Å². The van der Waals surface area contributed by atoms with Gasteiger partial charge in [0, 0.05) is 13.7 Å². The van der Waals surface area contributed by atoms with Crippen molar-refractivity contribution in [2.45, 2.75) is 37.8 Å². The maximum Gasteiger partial charge on any atom is 0.0766 e. The number of ether oxygens (including phenoxy) is 1. The molecule has 2 rings (SSSR count). The van der Waals surface area contributed by atoms with Crippen molar-refractivity contribution >= 4 is 0 Å². The summed E-state index contributed by atoms with van der Waals surface area (Å²) in [4.78, 5) is 0. The summed E-state index contributed by atoms with van der Waals surface area (Å²) >= 11 is 0. The third kappa shape index (κ3) is 2.58. The van der Waals surface area contributed by atoms with Gasteiger partial charge in [0.15, 0.2) is 0 Å². The molecule has 1 aromatic rings. The minimum Gasteiger partial charge on any atom is -0.378 e. The van der Waals surface area contributed by atoms with E-state index in [4.69, 9.17) is 10.6 Å². The number of nitrogens with one attached hydrogen (secondary N) is 1. The molecule has 16 heavy (non-hydrogen) atoms. The van der Waals surface area contributed by atoms with Crippen molar-refractivity contribution in [3.8, 4) is 0 Å². The fraction of sp³-hybridized carbons (Fsp3) is 0.800. The molecule has 0 saturated carbocycles. The van der Waals surface area contributed by atoms with Gasteiger partial charge < -0.3 is 4.74 Å². The topological polar surface area (TPSA) is 78.0 Å². The molecule has 90 valence electrons. The normalized spacial score (nSPS) is 22.5. The Bertz CT molecular complexity index is 321. The van der Waals surface area contributed by atoms with Gasteiger partial charge in [-0.15, -0.1) is 5.10 Å². The fourth-order valence-corrected chi connectivity index (χ4v) is 2.15. The van der Waals surface area contributed by atoms with Crippen molar-refractivity contribution in [1.29, 1.82) is 0 Å². The maximum atomic E-state index is 5.59. The highest BCUT2D eigenvalue weighted by Crippen LogP contribution is 2.22. The number of rotatable bonds is 5. The Morgan fingerprint density at radius 1 is 1.75 bits per heavy atom. The molecular weight excluding hydrogens is 206 g/mol. The number of hydrogen-bond donors (Lipinski definition) is 2. The lowest BCUT2D eigenvalue weighted by molar-refractivity contribution is 0.0993. The van der Waals surface area contributed by atoms with Crippen LogP contribution in [0.4, 0.5) is 0 Å². The van der Waals surface area contributed by atoms with E-state index >= 15 is 0 Å². The lowest BCUT2D eigenvalue weighted by Gasteiger charge is -2.17. The van der Waals surface area contributed by atoms with Gasteiger partial charge >= 0.3 is 0 Å². The summed E-state index contributed by atoms with van der Waals surface area (Å²) in [7, 11) is 1.87. The summed E-state index contributed by atoms with van der Waals surface area (Å²) in [6.07, 6.45) is 6.47. The van der Waals surface area contributed by atoms with E-state index in [1.807, 2.05) is 7.05 Å². The summed E-state index contributed by atoms with van der Waals surface area (Å²) in [6.45, 7) is 0.901. The van der Waals surface area contributed by atoms with Crippen molar-refractivity contribution in [2.75, 3.05) is 6.61 Å². The van der Waals surface area contributed by atoms with E-state index in [0.717, 1.165) is 25.1 Å². The molecule has 0 aliphatic carbocycles. The zero-order chi connectivity index (χ0) is 11.4. The molecule has 1 aliphatic rings. The molecule has 3 N–H and O–H groups in total. The van der Waals surface area contributed by atoms with Crippen molar-refractivity contribution in [3.05, 3.63) is 11.9 Å². The van der Waals surface area contributed by atoms with E-state index in [1.165, 1.54) is 12.8 Å². The summed E-state index contributed by atoms with van der Waals surface area (Å²) in [5.41, 5.74) is 3.83. The Balaban J connectivity index is 1.88. The molecule has 1 aromatic heterocycles. The van der Waals surface area contributed by atoms with Gasteiger partial charge in [-0.2, -0.15) is 0 Å². The largest absolute Gasteiger partial charge is 0.378 e. The minimum atomic E-state index is 0.101. The molecule has 1 saturated heterocycles. The second kappa shape index (κ2) is 5.38. The molecule has 2 unspecified atom stereocenters. The fourth-order valence-electron chi connectivity index (χ4n) is 2.15. The van der Waals surface area contributed by atoms with Crippen LogP contribution in [0.15, 0.2) is 6.20 Å². The van der Waals surface area contributed by atoms with E-state index in [9.17, 15) is 0 Å². The number of nitrogens with two attached hydrogens (primary N) is 1. The summed E-state index contributed by atoms with van der Waals surface area (Å²) in [6, 6.07) is 0.101. The number of hydrazine groups is 1. The van der Waals surface area contributed by atoms with E-state index in [1.54, 1.807) is 10.9 Å². The zero-order valence-electron chi connectivity index (χ0n) is 9.59. The molecule has 6 heteroatoms. The number of nitrogens with zero attached hydrogens (tertiary/aromatic N) is 3. The molecule has 0 aromatic carbocycles. The first-order valence-electron chi connectivity index (χ1n) is 5.73. The Morgan fingerprint density at radius 3 is 3.19 bits per heavy atom. The van der Waals surface area contributed by atoms with Gasteiger partial charge in [-0.25, -0.2) is 0 Å². The summed E-state index contributed by atoms with van der Waals surface area (Å²) in [5, 5.41) is 7.76. The van der Waals surface area contributed by atoms with E-state index in [-0.39, 0.29) is 6.04 Å². The van der Waals surface area contributed by atoms with Crippen LogP contribution in [0.5, 0.6) is 0 Å². The highest BCUT2D eigenvalue weighted by atomic mass is 16.5. The van der Waals surface area contributed by atoms with Gasteiger partial charge in [0.25, 0.3) is 0 Å². The van der Waals surface area contributed by atoms with Gasteiger partial charge in [0.2, 0.25) is 0 Å². The third-order valence-corrected chi connectivity index (χ3v) is 3.11. The highest BCUT2D eigenvalue weighted by molar-refractivity contribution is 5.01. The van der Waals surface area contributed by atoms with E-state index in [0.29, 0.717) is 6.10 Å². The highest BCUT2D eigenvalue weighted by Gasteiger charge is 2.19. The summed E-state index contributed by atoms with van der Waals surface area (Å²) < 4.78 is 7.34. The third-order valence-electron chi connectivity index (χ3n) is 3.11. The lowest BCUT2D eigenvalue weighted by Crippen LogP contribution is -2.30. The quantitative estimate of drug-likeness (QED) is 0.556. The predicted molar refractivity (Wildman–Crippen MR) is 59.3 cm³/mol. The van der Waals surface area contributed by atoms with Crippen LogP contribution in [0.25, 0.3) is 0 Å². The van der Waals surface area contributed by atoms with Gasteiger partial charge in [0.1, 0.15) is 0 Å². The Labute approximate surface area is 95.1 Å². The molecule has 6 nitrogen and oxygen atoms in total. The Morgan fingerprint density at radius 2 is 2.62 bits per heavy atom. The lowest BCUT2D eigenvalue weighted by atomic mass is 10.0. The van der Waals surface area contributed by atoms with Crippen LogP contribution in [0.1, 0.15) is 37.4 Å². The number of hydrogen-bond acceptors (Lipinski definition) is 5. The standard InChI is InChI=1S/C10H19N5O/c1-15-10(7-12-14-15)9(13-11)5-4-8-3-2-6-16-8/h7-9,13H,2-6,11H2,1H3. The molecule has 1 aliphatic heterocycles. The van der Waals surface area contributed by atoms with Crippen LogP contribution in [-0.2, 0) is 11.8 Å². The predicted octanol–water partition coefficient (Wildman–Crippen LogP) is 0.279. The smallest absolute Gasteiger partial charge is 0.0766 e. The molecule has 0 radical (unpaired) electrons. The van der Waals surface area contributed by atoms with Crippen LogP contribution in [-0.4, -0.2) is 27.7 Å². The summed E-state index contributed by atoms with van der Waals surface area (Å²) in [5.74, 6) is 5.56. The van der Waals surface area contributed by atoms with Crippen LogP contribution in [0.2, 0.25) is 0 Å². The molecule has 0 bridgehead atoms. The zero-order valence-corrected chi connectivity index (χ0v) is 9.59. The first kappa shape index (κ1) is 11.5. The van der Waals surface area contributed by atoms with Crippen molar-refractivity contribution in [1.82, 2.24) is 20.4 Å². The van der Waals surface area contributed by atoms with Gasteiger partial charge in [-0.05, 0) is 25.7 Å². The van der Waals surface area contributed by atoms with E-state index in [2.05, 4.69) is 15.7 Å². The molecule has 1 fully saturated rings. The average molecular weight is 225 g/mol. The Hall–Kier alpha value is -0.980. The number of aromatic nitrogens is 3. The van der Waals surface area contributed by atoms with Gasteiger partial charge in [0.05, 0.1) is 24.0 Å². The number of aryl methyl sites for hydroxylation is 1. The van der Waals surface area contributed by atoms with Crippen LogP contribution in [0.3, 0.4) is 0 Å². The second-order valence-corrected chi connectivity index (χ2v) is 4.21. The molecule has 0 amide bonds. The van der Waals surface area contributed by atoms with Crippen molar-refractivity contribution in [3.63, 3.8) is 0 Å². The molecule has 0 spiro atoms. The van der Waals surface area contributed by atoms with Gasteiger partial charge in [-0.3, -0.25) is 16.0 Å². The van der Waals surface area contributed by atoms with Gasteiger partial charge in [-0.1, -0.05) is 5.21 Å². The maximum absolute atomic E-state index is 5.59. The first-order chi connectivity index (χ1) is 7.81. The van der Waals surface area contributed by atoms with Crippen LogP contribution < -0.4 is 11.3 Å². The van der Waals surface area contributed by atoms with Crippen molar-refractivity contribution in [2.24, 2.45) is 12.9 Å². The Kier molecular flexibility index (Phi) is 3.87. The molecule has 2 heterocycles. The monoisotopic (exact) mass is 225 g/mol. The van der Waals surface area contributed by atoms with Crippen molar-refractivity contribution < 1.29 is 4.74 Å². The first-order valence-corrected chi connectivity index (χ1v) is 5.73. The average Bonchev–Trinajstić information content (AvgIpc) is 2.92. The second-order valence-electron chi connectivity index (χ2n) is 4.21. The molecule has 2 atom stereocenters. The van der Waals surface area contributed by atoms with Crippen LogP contribution >= 0.6 is 0 Å².